The Morgan fingerprint density at radius 3 is 2.72 bits per heavy atom. The van der Waals surface area contributed by atoms with Gasteiger partial charge in [0.25, 0.3) is 11.8 Å². The van der Waals surface area contributed by atoms with Crippen molar-refractivity contribution in [2.24, 2.45) is 0 Å². The fraction of sp³-hybridized carbons (Fsp3) is 0.500. The van der Waals surface area contributed by atoms with Crippen LogP contribution < -0.4 is 10.1 Å². The van der Waals surface area contributed by atoms with Crippen molar-refractivity contribution in [1.82, 2.24) is 19.8 Å². The molecule has 4 rings (SSSR count). The minimum Gasteiger partial charge on any atom is -0.497 e. The third kappa shape index (κ3) is 4.13. The maximum atomic E-state index is 12.9. The molecule has 7 nitrogen and oxygen atoms in total. The van der Waals surface area contributed by atoms with Crippen LogP contribution in [-0.4, -0.2) is 53.0 Å². The number of carbonyl (C=O) groups is 2. The van der Waals surface area contributed by atoms with Crippen LogP contribution in [0.5, 0.6) is 5.75 Å². The van der Waals surface area contributed by atoms with Gasteiger partial charge in [-0.05, 0) is 56.2 Å². The van der Waals surface area contributed by atoms with Gasteiger partial charge in [0.1, 0.15) is 11.4 Å². The zero-order valence-corrected chi connectivity index (χ0v) is 16.9. The van der Waals surface area contributed by atoms with Gasteiger partial charge in [0.2, 0.25) is 0 Å². The highest BCUT2D eigenvalue weighted by atomic mass is 16.5. The minimum atomic E-state index is -0.195. The lowest BCUT2D eigenvalue weighted by atomic mass is 10.1. The molecule has 0 bridgehead atoms. The largest absolute Gasteiger partial charge is 0.497 e. The van der Waals surface area contributed by atoms with Gasteiger partial charge in [0.15, 0.2) is 5.82 Å². The number of methoxy groups -OCH3 is 1. The molecule has 2 aliphatic rings. The van der Waals surface area contributed by atoms with Gasteiger partial charge in [-0.25, -0.2) is 4.98 Å². The van der Waals surface area contributed by atoms with Crippen LogP contribution in [0.25, 0.3) is 0 Å². The van der Waals surface area contributed by atoms with Crippen molar-refractivity contribution >= 4 is 11.8 Å². The molecule has 0 aliphatic carbocycles. The van der Waals surface area contributed by atoms with E-state index in [0.29, 0.717) is 24.5 Å². The Kier molecular flexibility index (Phi) is 5.83. The van der Waals surface area contributed by atoms with E-state index in [1.807, 2.05) is 33.7 Å². The second-order valence-corrected chi connectivity index (χ2v) is 7.70. The van der Waals surface area contributed by atoms with Crippen molar-refractivity contribution < 1.29 is 14.3 Å². The van der Waals surface area contributed by atoms with Gasteiger partial charge in [0, 0.05) is 26.2 Å². The standard InChI is InChI=1S/C22H28N4O3/c1-29-17-8-6-7-16(15-17)10-11-23-21(27)19-18-9-2-3-14-26(18)20(24-19)22(28)25-12-4-5-13-25/h6-8,15H,2-5,9-14H2,1H3,(H,23,27). The minimum absolute atomic E-state index is 0.0407. The summed E-state index contributed by atoms with van der Waals surface area (Å²) >= 11 is 0. The molecule has 2 aliphatic heterocycles. The zero-order valence-electron chi connectivity index (χ0n) is 16.9. The van der Waals surface area contributed by atoms with Gasteiger partial charge in [0.05, 0.1) is 12.8 Å². The number of carbonyl (C=O) groups excluding carboxylic acids is 2. The average Bonchev–Trinajstić information content (AvgIpc) is 3.42. The second-order valence-electron chi connectivity index (χ2n) is 7.70. The Balaban J connectivity index is 1.47. The third-order valence-corrected chi connectivity index (χ3v) is 5.75. The number of nitrogens with one attached hydrogen (secondary N) is 1. The van der Waals surface area contributed by atoms with Crippen LogP contribution >= 0.6 is 0 Å². The van der Waals surface area contributed by atoms with Gasteiger partial charge >= 0.3 is 0 Å². The van der Waals surface area contributed by atoms with E-state index in [-0.39, 0.29) is 11.8 Å². The smallest absolute Gasteiger partial charge is 0.289 e. The van der Waals surface area contributed by atoms with Crippen molar-refractivity contribution in [1.29, 1.82) is 0 Å². The van der Waals surface area contributed by atoms with Crippen LogP contribution in [0.15, 0.2) is 24.3 Å². The molecule has 1 N–H and O–H groups in total. The van der Waals surface area contributed by atoms with Crippen LogP contribution in [0, 0.1) is 0 Å². The number of aromatic nitrogens is 2. The molecule has 0 saturated carbocycles. The third-order valence-electron chi connectivity index (χ3n) is 5.75. The highest BCUT2D eigenvalue weighted by Gasteiger charge is 2.30. The highest BCUT2D eigenvalue weighted by molar-refractivity contribution is 5.97. The molecule has 2 amide bonds. The normalized spacial score (nSPS) is 15.8. The molecular weight excluding hydrogens is 368 g/mol. The van der Waals surface area contributed by atoms with Crippen molar-refractivity contribution in [3.05, 3.63) is 47.0 Å². The van der Waals surface area contributed by atoms with Crippen LogP contribution in [0.4, 0.5) is 0 Å². The number of hydrogen-bond acceptors (Lipinski definition) is 4. The maximum absolute atomic E-state index is 12.9. The number of ether oxygens (including phenoxy) is 1. The number of hydrogen-bond donors (Lipinski definition) is 1. The lowest BCUT2D eigenvalue weighted by Gasteiger charge is -2.19. The van der Waals surface area contributed by atoms with Crippen molar-refractivity contribution in [3.63, 3.8) is 0 Å². The van der Waals surface area contributed by atoms with E-state index in [0.717, 1.165) is 68.7 Å². The summed E-state index contributed by atoms with van der Waals surface area (Å²) in [5, 5.41) is 2.98. The van der Waals surface area contributed by atoms with Gasteiger partial charge in [-0.3, -0.25) is 9.59 Å². The summed E-state index contributed by atoms with van der Waals surface area (Å²) in [5.74, 6) is 1.00. The molecule has 0 unspecified atom stereocenters. The summed E-state index contributed by atoms with van der Waals surface area (Å²) in [4.78, 5) is 32.1. The Morgan fingerprint density at radius 2 is 1.93 bits per heavy atom. The van der Waals surface area contributed by atoms with Gasteiger partial charge in [-0.2, -0.15) is 0 Å². The first kappa shape index (κ1) is 19.5. The summed E-state index contributed by atoms with van der Waals surface area (Å²) < 4.78 is 7.22. The van der Waals surface area contributed by atoms with Gasteiger partial charge in [-0.15, -0.1) is 0 Å². The maximum Gasteiger partial charge on any atom is 0.289 e. The first-order valence-electron chi connectivity index (χ1n) is 10.5. The molecule has 2 aromatic rings. The predicted octanol–water partition coefficient (Wildman–Crippen LogP) is 2.44. The number of benzene rings is 1. The SMILES string of the molecule is COc1cccc(CCNC(=O)c2nc(C(=O)N3CCCC3)n3c2CCCC3)c1. The quantitative estimate of drug-likeness (QED) is 0.814. The number of amides is 2. The molecule has 154 valence electrons. The van der Waals surface area contributed by atoms with Crippen LogP contribution in [0.2, 0.25) is 0 Å². The number of rotatable bonds is 6. The first-order chi connectivity index (χ1) is 14.2. The van der Waals surface area contributed by atoms with E-state index in [2.05, 4.69) is 10.3 Å². The summed E-state index contributed by atoms with van der Waals surface area (Å²) in [5.41, 5.74) is 2.41. The van der Waals surface area contributed by atoms with E-state index in [9.17, 15) is 9.59 Å². The average molecular weight is 396 g/mol. The molecule has 3 heterocycles. The number of fused-ring (bicyclic) bond motifs is 1. The van der Waals surface area contributed by atoms with Crippen LogP contribution in [0.3, 0.4) is 0 Å². The summed E-state index contributed by atoms with van der Waals surface area (Å²) in [6.07, 6.45) is 5.61. The summed E-state index contributed by atoms with van der Waals surface area (Å²) in [7, 11) is 1.64. The number of likely N-dealkylation sites (tertiary alicyclic amines) is 1. The lowest BCUT2D eigenvalue weighted by molar-refractivity contribution is 0.0774. The van der Waals surface area contributed by atoms with Crippen LogP contribution in [0.1, 0.15) is 58.0 Å². The molecule has 0 atom stereocenters. The van der Waals surface area contributed by atoms with E-state index < -0.39 is 0 Å². The zero-order chi connectivity index (χ0) is 20.2. The summed E-state index contributed by atoms with van der Waals surface area (Å²) in [6, 6.07) is 7.83. The first-order valence-corrected chi connectivity index (χ1v) is 10.5. The molecular formula is C22H28N4O3. The second kappa shape index (κ2) is 8.68. The van der Waals surface area contributed by atoms with E-state index in [1.54, 1.807) is 7.11 Å². The molecule has 1 aromatic carbocycles. The fourth-order valence-corrected chi connectivity index (χ4v) is 4.18. The van der Waals surface area contributed by atoms with Gasteiger partial charge < -0.3 is 19.5 Å². The van der Waals surface area contributed by atoms with E-state index in [4.69, 9.17) is 4.74 Å². The lowest BCUT2D eigenvalue weighted by Crippen LogP contribution is -2.31. The molecule has 0 radical (unpaired) electrons. The fourth-order valence-electron chi connectivity index (χ4n) is 4.18. The number of nitrogens with zero attached hydrogens (tertiary/aromatic N) is 3. The van der Waals surface area contributed by atoms with E-state index >= 15 is 0 Å². The monoisotopic (exact) mass is 396 g/mol. The van der Waals surface area contributed by atoms with Gasteiger partial charge in [-0.1, -0.05) is 12.1 Å². The molecule has 1 aromatic heterocycles. The molecule has 0 spiro atoms. The molecule has 29 heavy (non-hydrogen) atoms. The van der Waals surface area contributed by atoms with Crippen molar-refractivity contribution in [2.75, 3.05) is 26.7 Å². The van der Waals surface area contributed by atoms with Crippen molar-refractivity contribution in [2.45, 2.75) is 45.1 Å². The summed E-state index contributed by atoms with van der Waals surface area (Å²) in [6.45, 7) is 2.83. The number of imidazole rings is 1. The highest BCUT2D eigenvalue weighted by Crippen LogP contribution is 2.23. The van der Waals surface area contributed by atoms with Crippen molar-refractivity contribution in [3.8, 4) is 5.75 Å². The Morgan fingerprint density at radius 1 is 1.14 bits per heavy atom. The topological polar surface area (TPSA) is 76.5 Å². The Labute approximate surface area is 171 Å². The van der Waals surface area contributed by atoms with E-state index in [1.165, 1.54) is 0 Å². The van der Waals surface area contributed by atoms with Crippen LogP contribution in [-0.2, 0) is 19.4 Å². The molecule has 7 heteroatoms. The predicted molar refractivity (Wildman–Crippen MR) is 109 cm³/mol. The molecule has 1 fully saturated rings. The Hall–Kier alpha value is -2.83. The molecule has 1 saturated heterocycles. The Bertz CT molecular complexity index is 899.